The number of nitrogens with zero attached hydrogens (tertiary/aromatic N) is 1. The summed E-state index contributed by atoms with van der Waals surface area (Å²) in [6.45, 7) is 2.07. The maximum atomic E-state index is 10.6. The number of thiophene rings is 1. The molecule has 0 aromatic carbocycles. The van der Waals surface area contributed by atoms with Crippen molar-refractivity contribution in [2.75, 3.05) is 0 Å². The summed E-state index contributed by atoms with van der Waals surface area (Å²) in [4.78, 5) is 10.9. The molecule has 0 aliphatic heterocycles. The number of carboxylic acids is 1. The van der Waals surface area contributed by atoms with Gasteiger partial charge in [-0.25, -0.2) is 4.79 Å². The Balaban J connectivity index is 1.97. The van der Waals surface area contributed by atoms with Gasteiger partial charge in [0.05, 0.1) is 5.69 Å². The molecule has 0 saturated heterocycles. The number of aryl methyl sites for hydroxylation is 1. The van der Waals surface area contributed by atoms with E-state index in [1.807, 2.05) is 6.92 Å². The molecule has 2 rings (SSSR count). The Morgan fingerprint density at radius 3 is 3.00 bits per heavy atom. The molecular formula is C10H9NO4S. The molecule has 2 aromatic heterocycles. The molecule has 2 aromatic rings. The lowest BCUT2D eigenvalue weighted by Gasteiger charge is -1.98. The number of ether oxygens (including phenoxy) is 1. The molecule has 1 N–H and O–H groups in total. The van der Waals surface area contributed by atoms with Crippen molar-refractivity contribution in [1.29, 1.82) is 0 Å². The van der Waals surface area contributed by atoms with Gasteiger partial charge in [-0.15, -0.1) is 11.3 Å². The van der Waals surface area contributed by atoms with Gasteiger partial charge in [-0.2, -0.15) is 0 Å². The molecule has 0 aliphatic carbocycles. The van der Waals surface area contributed by atoms with E-state index in [1.165, 1.54) is 6.07 Å². The molecule has 0 aliphatic rings. The number of aromatic nitrogens is 1. The van der Waals surface area contributed by atoms with Crippen LogP contribution in [-0.4, -0.2) is 16.2 Å². The Morgan fingerprint density at radius 2 is 2.44 bits per heavy atom. The van der Waals surface area contributed by atoms with Crippen LogP contribution in [-0.2, 0) is 6.61 Å². The molecule has 0 bridgehead atoms. The molecule has 0 saturated carbocycles. The summed E-state index contributed by atoms with van der Waals surface area (Å²) in [5.41, 5.74) is 0.787. The zero-order chi connectivity index (χ0) is 11.5. The largest absolute Gasteiger partial charge is 0.485 e. The van der Waals surface area contributed by atoms with Gasteiger partial charge in [-0.05, 0) is 6.92 Å². The van der Waals surface area contributed by atoms with E-state index < -0.39 is 5.97 Å². The van der Waals surface area contributed by atoms with E-state index in [2.05, 4.69) is 5.16 Å². The number of carbonyl (C=O) groups is 1. The van der Waals surface area contributed by atoms with E-state index >= 15 is 0 Å². The SMILES string of the molecule is Cc1cc(COc2csc(C(=O)O)c2)on1. The highest BCUT2D eigenvalue weighted by Gasteiger charge is 2.08. The fourth-order valence-electron chi connectivity index (χ4n) is 1.15. The molecule has 6 heteroatoms. The summed E-state index contributed by atoms with van der Waals surface area (Å²) in [5.74, 6) is 0.187. The zero-order valence-corrected chi connectivity index (χ0v) is 9.28. The normalized spacial score (nSPS) is 10.3. The van der Waals surface area contributed by atoms with Gasteiger partial charge in [-0.1, -0.05) is 5.16 Å². The van der Waals surface area contributed by atoms with E-state index in [0.29, 0.717) is 11.5 Å². The number of hydrogen-bond donors (Lipinski definition) is 1. The van der Waals surface area contributed by atoms with Crippen molar-refractivity contribution in [1.82, 2.24) is 5.16 Å². The molecule has 0 amide bonds. The topological polar surface area (TPSA) is 72.6 Å². The van der Waals surface area contributed by atoms with Crippen molar-refractivity contribution in [3.05, 3.63) is 33.8 Å². The first-order chi connectivity index (χ1) is 7.65. The van der Waals surface area contributed by atoms with Gasteiger partial charge in [-0.3, -0.25) is 0 Å². The zero-order valence-electron chi connectivity index (χ0n) is 8.47. The second-order valence-electron chi connectivity index (χ2n) is 3.18. The fourth-order valence-corrected chi connectivity index (χ4v) is 1.81. The van der Waals surface area contributed by atoms with Crippen molar-refractivity contribution in [2.45, 2.75) is 13.5 Å². The lowest BCUT2D eigenvalue weighted by atomic mass is 10.4. The van der Waals surface area contributed by atoms with E-state index in [0.717, 1.165) is 17.0 Å². The van der Waals surface area contributed by atoms with Crippen molar-refractivity contribution >= 4 is 17.3 Å². The fraction of sp³-hybridized carbons (Fsp3) is 0.200. The van der Waals surface area contributed by atoms with Gasteiger partial charge >= 0.3 is 5.97 Å². The van der Waals surface area contributed by atoms with Crippen LogP contribution in [0.2, 0.25) is 0 Å². The van der Waals surface area contributed by atoms with E-state index in [-0.39, 0.29) is 11.5 Å². The maximum absolute atomic E-state index is 10.6. The number of rotatable bonds is 4. The van der Waals surface area contributed by atoms with Crippen molar-refractivity contribution in [2.24, 2.45) is 0 Å². The minimum absolute atomic E-state index is 0.247. The summed E-state index contributed by atoms with van der Waals surface area (Å²) >= 11 is 1.13. The lowest BCUT2D eigenvalue weighted by molar-refractivity contribution is 0.0702. The Bertz CT molecular complexity index is 502. The number of hydrogen-bond acceptors (Lipinski definition) is 5. The van der Waals surface area contributed by atoms with Crippen LogP contribution in [0.5, 0.6) is 5.75 Å². The Labute approximate surface area is 95.3 Å². The molecule has 5 nitrogen and oxygen atoms in total. The number of carboxylic acid groups (broad SMARTS) is 1. The molecule has 2 heterocycles. The first kappa shape index (κ1) is 10.7. The monoisotopic (exact) mass is 239 g/mol. The van der Waals surface area contributed by atoms with Crippen LogP contribution >= 0.6 is 11.3 Å². The summed E-state index contributed by atoms with van der Waals surface area (Å²) in [7, 11) is 0. The molecule has 0 atom stereocenters. The Kier molecular flexibility index (Phi) is 2.91. The molecule has 0 spiro atoms. The van der Waals surface area contributed by atoms with Crippen LogP contribution in [0.25, 0.3) is 0 Å². The summed E-state index contributed by atoms with van der Waals surface area (Å²) in [6.07, 6.45) is 0. The second kappa shape index (κ2) is 4.36. The third-order valence-electron chi connectivity index (χ3n) is 1.84. The van der Waals surface area contributed by atoms with E-state index in [1.54, 1.807) is 11.4 Å². The second-order valence-corrected chi connectivity index (χ2v) is 4.09. The van der Waals surface area contributed by atoms with Crippen LogP contribution in [0.1, 0.15) is 21.1 Å². The lowest BCUT2D eigenvalue weighted by Crippen LogP contribution is -1.93. The average molecular weight is 239 g/mol. The maximum Gasteiger partial charge on any atom is 0.346 e. The van der Waals surface area contributed by atoms with Crippen LogP contribution in [0.15, 0.2) is 22.0 Å². The first-order valence-electron chi connectivity index (χ1n) is 4.52. The molecule has 16 heavy (non-hydrogen) atoms. The van der Waals surface area contributed by atoms with E-state index in [4.69, 9.17) is 14.4 Å². The molecule has 0 fully saturated rings. The van der Waals surface area contributed by atoms with Gasteiger partial charge in [0.1, 0.15) is 17.2 Å². The summed E-state index contributed by atoms with van der Waals surface area (Å²) in [5, 5.41) is 14.1. The average Bonchev–Trinajstić information content (AvgIpc) is 2.83. The van der Waals surface area contributed by atoms with Gasteiger partial charge in [0.2, 0.25) is 0 Å². The van der Waals surface area contributed by atoms with Gasteiger partial charge in [0, 0.05) is 17.5 Å². The van der Waals surface area contributed by atoms with Gasteiger partial charge in [0.15, 0.2) is 5.76 Å². The molecule has 0 radical (unpaired) electrons. The van der Waals surface area contributed by atoms with Crippen LogP contribution < -0.4 is 4.74 Å². The third-order valence-corrected chi connectivity index (χ3v) is 2.74. The predicted octanol–water partition coefficient (Wildman–Crippen LogP) is 2.32. The molecule has 0 unspecified atom stereocenters. The first-order valence-corrected chi connectivity index (χ1v) is 5.40. The third kappa shape index (κ3) is 2.40. The minimum atomic E-state index is -0.949. The Hall–Kier alpha value is -1.82. The quantitative estimate of drug-likeness (QED) is 0.886. The smallest absolute Gasteiger partial charge is 0.346 e. The highest BCUT2D eigenvalue weighted by Crippen LogP contribution is 2.22. The summed E-state index contributed by atoms with van der Waals surface area (Å²) in [6, 6.07) is 3.25. The van der Waals surface area contributed by atoms with E-state index in [9.17, 15) is 4.79 Å². The highest BCUT2D eigenvalue weighted by atomic mass is 32.1. The van der Waals surface area contributed by atoms with Crippen molar-refractivity contribution in [3.8, 4) is 5.75 Å². The molecular weight excluding hydrogens is 230 g/mol. The van der Waals surface area contributed by atoms with Crippen molar-refractivity contribution in [3.63, 3.8) is 0 Å². The summed E-state index contributed by atoms with van der Waals surface area (Å²) < 4.78 is 10.3. The highest BCUT2D eigenvalue weighted by molar-refractivity contribution is 7.12. The minimum Gasteiger partial charge on any atom is -0.485 e. The van der Waals surface area contributed by atoms with Gasteiger partial charge in [0.25, 0.3) is 0 Å². The number of aromatic carboxylic acids is 1. The standard InChI is InChI=1S/C10H9NO4S/c1-6-2-7(15-11-6)4-14-8-3-9(10(12)13)16-5-8/h2-3,5H,4H2,1H3,(H,12,13). The predicted molar refractivity (Wildman–Crippen MR) is 56.9 cm³/mol. The van der Waals surface area contributed by atoms with Crippen LogP contribution in [0.4, 0.5) is 0 Å². The molecule has 84 valence electrons. The Morgan fingerprint density at radius 1 is 1.62 bits per heavy atom. The van der Waals surface area contributed by atoms with Gasteiger partial charge < -0.3 is 14.4 Å². The van der Waals surface area contributed by atoms with Crippen LogP contribution in [0.3, 0.4) is 0 Å². The van der Waals surface area contributed by atoms with Crippen LogP contribution in [0, 0.1) is 6.92 Å². The van der Waals surface area contributed by atoms with Crippen molar-refractivity contribution < 1.29 is 19.2 Å².